The molecule has 0 aromatic rings. The highest BCUT2D eigenvalue weighted by atomic mass is 16.5. The van der Waals surface area contributed by atoms with Crippen LogP contribution in [0.5, 0.6) is 0 Å². The first-order chi connectivity index (χ1) is 9.60. The van der Waals surface area contributed by atoms with Crippen LogP contribution >= 0.6 is 0 Å². The minimum absolute atomic E-state index is 0.410. The number of morpholine rings is 1. The van der Waals surface area contributed by atoms with Crippen molar-refractivity contribution in [3.63, 3.8) is 0 Å². The third-order valence-corrected chi connectivity index (χ3v) is 4.85. The molecular formula is C17H34N2O. The average molecular weight is 282 g/mol. The molecule has 3 nitrogen and oxygen atoms in total. The summed E-state index contributed by atoms with van der Waals surface area (Å²) in [6.07, 6.45) is 7.50. The van der Waals surface area contributed by atoms with Crippen LogP contribution in [0.4, 0.5) is 0 Å². The molecule has 0 spiro atoms. The van der Waals surface area contributed by atoms with Gasteiger partial charge in [0.15, 0.2) is 0 Å². The van der Waals surface area contributed by atoms with Crippen LogP contribution in [0.3, 0.4) is 0 Å². The quantitative estimate of drug-likeness (QED) is 0.811. The lowest BCUT2D eigenvalue weighted by Gasteiger charge is -2.43. The van der Waals surface area contributed by atoms with Gasteiger partial charge in [-0.15, -0.1) is 0 Å². The molecule has 3 heteroatoms. The zero-order valence-corrected chi connectivity index (χ0v) is 13.8. The Kier molecular flexibility index (Phi) is 6.31. The summed E-state index contributed by atoms with van der Waals surface area (Å²) >= 11 is 0. The fraction of sp³-hybridized carbons (Fsp3) is 1.00. The van der Waals surface area contributed by atoms with Crippen molar-refractivity contribution >= 4 is 0 Å². The van der Waals surface area contributed by atoms with Gasteiger partial charge in [-0.25, -0.2) is 0 Å². The Labute approximate surface area is 125 Å². The van der Waals surface area contributed by atoms with E-state index in [-0.39, 0.29) is 0 Å². The fourth-order valence-corrected chi connectivity index (χ4v) is 3.83. The van der Waals surface area contributed by atoms with E-state index in [0.29, 0.717) is 11.5 Å². The van der Waals surface area contributed by atoms with Gasteiger partial charge in [0.1, 0.15) is 0 Å². The van der Waals surface area contributed by atoms with Crippen molar-refractivity contribution in [2.24, 2.45) is 11.3 Å². The molecule has 118 valence electrons. The Morgan fingerprint density at radius 2 is 2.00 bits per heavy atom. The largest absolute Gasteiger partial charge is 0.376 e. The summed E-state index contributed by atoms with van der Waals surface area (Å²) in [7, 11) is 0. The molecule has 20 heavy (non-hydrogen) atoms. The van der Waals surface area contributed by atoms with Gasteiger partial charge >= 0.3 is 0 Å². The van der Waals surface area contributed by atoms with E-state index in [4.69, 9.17) is 4.74 Å². The van der Waals surface area contributed by atoms with Gasteiger partial charge in [-0.3, -0.25) is 4.90 Å². The van der Waals surface area contributed by atoms with E-state index in [2.05, 4.69) is 31.0 Å². The second-order valence-corrected chi connectivity index (χ2v) is 7.50. The van der Waals surface area contributed by atoms with Gasteiger partial charge in [0.05, 0.1) is 12.7 Å². The molecular weight excluding hydrogens is 248 g/mol. The molecule has 1 aliphatic heterocycles. The molecule has 1 N–H and O–H groups in total. The number of rotatable bonds is 6. The molecule has 0 aromatic heterocycles. The molecule has 1 unspecified atom stereocenters. The minimum Gasteiger partial charge on any atom is -0.376 e. The number of hydrogen-bond donors (Lipinski definition) is 1. The minimum atomic E-state index is 0.410. The Morgan fingerprint density at radius 1 is 1.25 bits per heavy atom. The van der Waals surface area contributed by atoms with Crippen molar-refractivity contribution in [2.75, 3.05) is 39.3 Å². The van der Waals surface area contributed by atoms with Gasteiger partial charge in [0.25, 0.3) is 0 Å². The first kappa shape index (κ1) is 16.3. The van der Waals surface area contributed by atoms with Gasteiger partial charge < -0.3 is 10.1 Å². The monoisotopic (exact) mass is 282 g/mol. The third-order valence-electron chi connectivity index (χ3n) is 4.85. The number of hydrogen-bond acceptors (Lipinski definition) is 3. The Hall–Kier alpha value is -0.120. The second kappa shape index (κ2) is 7.77. The molecule has 0 amide bonds. The van der Waals surface area contributed by atoms with Crippen molar-refractivity contribution in [3.8, 4) is 0 Å². The maximum atomic E-state index is 5.69. The third kappa shape index (κ3) is 5.01. The van der Waals surface area contributed by atoms with Crippen LogP contribution in [-0.4, -0.2) is 50.3 Å². The highest BCUT2D eigenvalue weighted by Crippen LogP contribution is 2.37. The van der Waals surface area contributed by atoms with Gasteiger partial charge in [0, 0.05) is 26.2 Å². The molecule has 0 aromatic carbocycles. The van der Waals surface area contributed by atoms with E-state index < -0.39 is 0 Å². The molecule has 2 fully saturated rings. The van der Waals surface area contributed by atoms with Crippen LogP contribution in [0, 0.1) is 11.3 Å². The molecule has 1 atom stereocenters. The van der Waals surface area contributed by atoms with Crippen LogP contribution in [0.1, 0.15) is 52.9 Å². The lowest BCUT2D eigenvalue weighted by molar-refractivity contribution is -0.0369. The summed E-state index contributed by atoms with van der Waals surface area (Å²) in [5.41, 5.74) is 0.518. The number of nitrogens with zero attached hydrogens (tertiary/aromatic N) is 1. The van der Waals surface area contributed by atoms with Gasteiger partial charge in [-0.2, -0.15) is 0 Å². The van der Waals surface area contributed by atoms with Crippen molar-refractivity contribution in [1.29, 1.82) is 0 Å². The van der Waals surface area contributed by atoms with E-state index in [1.165, 1.54) is 45.2 Å². The van der Waals surface area contributed by atoms with Crippen molar-refractivity contribution < 1.29 is 4.74 Å². The molecule has 1 saturated carbocycles. The topological polar surface area (TPSA) is 24.5 Å². The normalized spacial score (nSPS) is 27.9. The lowest BCUT2D eigenvalue weighted by Crippen LogP contribution is -2.50. The van der Waals surface area contributed by atoms with Crippen molar-refractivity contribution in [2.45, 2.75) is 59.0 Å². The fourth-order valence-electron chi connectivity index (χ4n) is 3.83. The highest BCUT2D eigenvalue weighted by Gasteiger charge is 2.34. The van der Waals surface area contributed by atoms with E-state index in [9.17, 15) is 0 Å². The predicted octanol–water partition coefficient (Wildman–Crippen LogP) is 2.90. The van der Waals surface area contributed by atoms with Crippen LogP contribution in [0.2, 0.25) is 0 Å². The molecule has 2 aliphatic rings. The Bertz CT molecular complexity index is 274. The maximum absolute atomic E-state index is 5.69. The molecule has 0 bridgehead atoms. The smallest absolute Gasteiger partial charge is 0.0674 e. The van der Waals surface area contributed by atoms with Crippen molar-refractivity contribution in [3.05, 3.63) is 0 Å². The van der Waals surface area contributed by atoms with E-state index in [1.807, 2.05) is 0 Å². The van der Waals surface area contributed by atoms with Crippen LogP contribution < -0.4 is 5.32 Å². The Balaban J connectivity index is 1.88. The molecule has 0 radical (unpaired) electrons. The molecule has 1 heterocycles. The summed E-state index contributed by atoms with van der Waals surface area (Å²) in [6, 6.07) is 0. The highest BCUT2D eigenvalue weighted by molar-refractivity contribution is 4.89. The first-order valence-electron chi connectivity index (χ1n) is 8.64. The van der Waals surface area contributed by atoms with E-state index in [0.717, 1.165) is 32.2 Å². The summed E-state index contributed by atoms with van der Waals surface area (Å²) in [5, 5.41) is 3.74. The number of ether oxygens (including phenoxy) is 1. The molecule has 1 aliphatic carbocycles. The van der Waals surface area contributed by atoms with E-state index in [1.54, 1.807) is 0 Å². The SMILES string of the molecule is CC(C)CNCC1(CN2CCOC(C)C2)CCCCC1. The van der Waals surface area contributed by atoms with Crippen LogP contribution in [-0.2, 0) is 4.74 Å². The summed E-state index contributed by atoms with van der Waals surface area (Å²) in [6.45, 7) is 13.6. The standard InChI is InChI=1S/C17H34N2O/c1-15(2)11-18-13-17(7-5-4-6-8-17)14-19-9-10-20-16(3)12-19/h15-16,18H,4-14H2,1-3H3. The lowest BCUT2D eigenvalue weighted by atomic mass is 9.73. The zero-order valence-electron chi connectivity index (χ0n) is 13.8. The second-order valence-electron chi connectivity index (χ2n) is 7.50. The average Bonchev–Trinajstić information content (AvgIpc) is 2.39. The first-order valence-corrected chi connectivity index (χ1v) is 8.64. The van der Waals surface area contributed by atoms with E-state index >= 15 is 0 Å². The molecule has 1 saturated heterocycles. The van der Waals surface area contributed by atoms with Gasteiger partial charge in [-0.05, 0) is 37.6 Å². The molecule has 2 rings (SSSR count). The maximum Gasteiger partial charge on any atom is 0.0674 e. The van der Waals surface area contributed by atoms with Crippen LogP contribution in [0.15, 0.2) is 0 Å². The summed E-state index contributed by atoms with van der Waals surface area (Å²) in [5.74, 6) is 0.749. The summed E-state index contributed by atoms with van der Waals surface area (Å²) < 4.78 is 5.69. The Morgan fingerprint density at radius 3 is 2.65 bits per heavy atom. The zero-order chi connectivity index (χ0) is 14.4. The van der Waals surface area contributed by atoms with Crippen molar-refractivity contribution in [1.82, 2.24) is 10.2 Å². The predicted molar refractivity (Wildman–Crippen MR) is 85.1 cm³/mol. The van der Waals surface area contributed by atoms with Crippen LogP contribution in [0.25, 0.3) is 0 Å². The number of nitrogens with one attached hydrogen (secondary N) is 1. The summed E-state index contributed by atoms with van der Waals surface area (Å²) in [4.78, 5) is 2.65. The van der Waals surface area contributed by atoms with Gasteiger partial charge in [0.2, 0.25) is 0 Å². The van der Waals surface area contributed by atoms with Gasteiger partial charge in [-0.1, -0.05) is 33.1 Å².